The number of nitrogens with zero attached hydrogens (tertiary/aromatic N) is 4. The van der Waals surface area contributed by atoms with Crippen LogP contribution in [0, 0.1) is 5.82 Å². The molecule has 0 bridgehead atoms. The van der Waals surface area contributed by atoms with E-state index in [2.05, 4.69) is 10.00 Å². The summed E-state index contributed by atoms with van der Waals surface area (Å²) in [4.78, 5) is 25.6. The largest absolute Gasteiger partial charge is 0.490 e. The van der Waals surface area contributed by atoms with Crippen LogP contribution in [-0.2, 0) is 23.2 Å². The van der Waals surface area contributed by atoms with Crippen LogP contribution in [0.25, 0.3) is 0 Å². The Morgan fingerprint density at radius 1 is 1.23 bits per heavy atom. The third-order valence-electron chi connectivity index (χ3n) is 5.12. The molecule has 1 aromatic heterocycles. The van der Waals surface area contributed by atoms with Crippen LogP contribution in [0.1, 0.15) is 18.4 Å². The van der Waals surface area contributed by atoms with Crippen molar-refractivity contribution < 1.29 is 32.3 Å². The van der Waals surface area contributed by atoms with Gasteiger partial charge in [0.1, 0.15) is 5.82 Å². The van der Waals surface area contributed by atoms with E-state index in [1.807, 2.05) is 30.3 Å². The monoisotopic (exact) mass is 428 g/mol. The van der Waals surface area contributed by atoms with Gasteiger partial charge in [-0.15, -0.1) is 0 Å². The molecule has 1 aromatic carbocycles. The molecule has 3 heterocycles. The van der Waals surface area contributed by atoms with Gasteiger partial charge in [-0.1, -0.05) is 12.1 Å². The maximum atomic E-state index is 13.0. The fraction of sp³-hybridized carbons (Fsp3) is 0.421. The summed E-state index contributed by atoms with van der Waals surface area (Å²) in [6, 6.07) is 7.06. The second kappa shape index (κ2) is 8.42. The lowest BCUT2D eigenvalue weighted by molar-refractivity contribution is -0.192. The molecule has 0 aliphatic carbocycles. The smallest absolute Gasteiger partial charge is 0.475 e. The molecule has 2 atom stereocenters. The maximum absolute atomic E-state index is 13.0. The average Bonchev–Trinajstić information content (AvgIpc) is 3.33. The van der Waals surface area contributed by atoms with Crippen molar-refractivity contribution in [3.63, 3.8) is 0 Å². The summed E-state index contributed by atoms with van der Waals surface area (Å²) in [6.45, 7) is 1.71. The van der Waals surface area contributed by atoms with E-state index in [4.69, 9.17) is 9.90 Å². The van der Waals surface area contributed by atoms with Crippen LogP contribution in [0.4, 0.5) is 23.2 Å². The number of aliphatic carboxylic acids is 1. The summed E-state index contributed by atoms with van der Waals surface area (Å²) in [5.74, 6) is -2.81. The van der Waals surface area contributed by atoms with Crippen molar-refractivity contribution in [2.45, 2.75) is 37.6 Å². The molecule has 4 rings (SSSR count). The van der Waals surface area contributed by atoms with Crippen molar-refractivity contribution in [1.29, 1.82) is 0 Å². The number of amides is 1. The highest BCUT2D eigenvalue weighted by molar-refractivity contribution is 5.97. The van der Waals surface area contributed by atoms with E-state index in [1.165, 1.54) is 12.1 Å². The molecule has 1 N–H and O–H groups in total. The molecule has 2 fully saturated rings. The van der Waals surface area contributed by atoms with Crippen molar-refractivity contribution in [1.82, 2.24) is 14.7 Å². The van der Waals surface area contributed by atoms with Gasteiger partial charge in [0.25, 0.3) is 0 Å². The number of anilines is 1. The van der Waals surface area contributed by atoms with Crippen molar-refractivity contribution in [2.75, 3.05) is 11.4 Å². The van der Waals surface area contributed by atoms with Crippen molar-refractivity contribution in [3.05, 3.63) is 48.0 Å². The number of carboxylic acid groups (broad SMARTS) is 1. The first-order valence-electron chi connectivity index (χ1n) is 9.15. The number of aryl methyl sites for hydroxylation is 1. The summed E-state index contributed by atoms with van der Waals surface area (Å²) in [5, 5.41) is 11.3. The van der Waals surface area contributed by atoms with Gasteiger partial charge in [-0.3, -0.25) is 14.4 Å². The van der Waals surface area contributed by atoms with Crippen LogP contribution >= 0.6 is 0 Å². The third-order valence-corrected chi connectivity index (χ3v) is 5.12. The number of rotatable bonds is 3. The first kappa shape index (κ1) is 21.8. The topological polar surface area (TPSA) is 78.7 Å². The second-order valence-corrected chi connectivity index (χ2v) is 7.16. The molecule has 30 heavy (non-hydrogen) atoms. The van der Waals surface area contributed by atoms with Gasteiger partial charge in [0.15, 0.2) is 0 Å². The number of carboxylic acids is 1. The lowest BCUT2D eigenvalue weighted by Gasteiger charge is -2.24. The van der Waals surface area contributed by atoms with E-state index in [0.29, 0.717) is 6.42 Å². The van der Waals surface area contributed by atoms with Crippen LogP contribution in [0.5, 0.6) is 0 Å². The summed E-state index contributed by atoms with van der Waals surface area (Å²) in [6.07, 6.45) is 0.0685. The van der Waals surface area contributed by atoms with Gasteiger partial charge >= 0.3 is 12.1 Å². The van der Waals surface area contributed by atoms with Gasteiger partial charge in [-0.2, -0.15) is 18.3 Å². The Labute approximate surface area is 169 Å². The number of carbonyl (C=O) groups excluding carboxylic acids is 1. The summed E-state index contributed by atoms with van der Waals surface area (Å²) in [7, 11) is 1.86. The Morgan fingerprint density at radius 2 is 1.87 bits per heavy atom. The number of likely N-dealkylation sites (tertiary alicyclic amines) is 1. The molecule has 162 valence electrons. The SMILES string of the molecule is Cn1cc(N2C(=O)C[C@@H]3[C@@H]2CCN3Cc2ccc(F)cc2)cn1.O=C(O)C(F)(F)F. The van der Waals surface area contributed by atoms with Crippen LogP contribution in [0.15, 0.2) is 36.7 Å². The first-order chi connectivity index (χ1) is 14.1. The van der Waals surface area contributed by atoms with E-state index < -0.39 is 12.1 Å². The van der Waals surface area contributed by atoms with Crippen LogP contribution in [-0.4, -0.2) is 56.5 Å². The Bertz CT molecular complexity index is 913. The van der Waals surface area contributed by atoms with E-state index >= 15 is 0 Å². The van der Waals surface area contributed by atoms with E-state index in [0.717, 1.165) is 30.8 Å². The molecule has 2 aliphatic rings. The van der Waals surface area contributed by atoms with E-state index in [9.17, 15) is 22.4 Å². The maximum Gasteiger partial charge on any atom is 0.490 e. The minimum Gasteiger partial charge on any atom is -0.475 e. The zero-order valence-electron chi connectivity index (χ0n) is 16.0. The van der Waals surface area contributed by atoms with Gasteiger partial charge in [-0.05, 0) is 24.1 Å². The number of carbonyl (C=O) groups is 2. The average molecular weight is 428 g/mol. The summed E-state index contributed by atoms with van der Waals surface area (Å²) < 4.78 is 46.5. The molecule has 0 unspecified atom stereocenters. The number of fused-ring (bicyclic) bond motifs is 1. The molecule has 11 heteroatoms. The van der Waals surface area contributed by atoms with Gasteiger partial charge in [0, 0.05) is 38.8 Å². The van der Waals surface area contributed by atoms with Crippen molar-refractivity contribution in [2.24, 2.45) is 7.05 Å². The van der Waals surface area contributed by atoms with Crippen LogP contribution in [0.2, 0.25) is 0 Å². The molecule has 2 aliphatic heterocycles. The highest BCUT2D eigenvalue weighted by atomic mass is 19.4. The molecule has 0 radical (unpaired) electrons. The zero-order chi connectivity index (χ0) is 22.1. The fourth-order valence-corrected chi connectivity index (χ4v) is 3.82. The Morgan fingerprint density at radius 3 is 2.40 bits per heavy atom. The Kier molecular flexibility index (Phi) is 6.11. The number of halogens is 4. The van der Waals surface area contributed by atoms with Crippen molar-refractivity contribution >= 4 is 17.6 Å². The predicted molar refractivity (Wildman–Crippen MR) is 98.0 cm³/mol. The number of benzene rings is 1. The number of alkyl halides is 3. The Balaban J connectivity index is 0.000000318. The van der Waals surface area contributed by atoms with Gasteiger partial charge < -0.3 is 10.0 Å². The van der Waals surface area contributed by atoms with Gasteiger partial charge in [0.2, 0.25) is 5.91 Å². The molecule has 2 saturated heterocycles. The second-order valence-electron chi connectivity index (χ2n) is 7.16. The van der Waals surface area contributed by atoms with E-state index in [-0.39, 0.29) is 23.8 Å². The lowest BCUT2D eigenvalue weighted by atomic mass is 10.1. The molecule has 1 amide bonds. The normalized spacial score (nSPS) is 21.4. The zero-order valence-corrected chi connectivity index (χ0v) is 16.0. The summed E-state index contributed by atoms with van der Waals surface area (Å²) in [5.41, 5.74) is 1.97. The number of hydrogen-bond acceptors (Lipinski definition) is 4. The fourth-order valence-electron chi connectivity index (χ4n) is 3.82. The third kappa shape index (κ3) is 4.78. The number of hydrogen-bond donors (Lipinski definition) is 1. The quantitative estimate of drug-likeness (QED) is 0.761. The molecular formula is C19H20F4N4O3. The molecule has 2 aromatic rings. The van der Waals surface area contributed by atoms with Crippen molar-refractivity contribution in [3.8, 4) is 0 Å². The van der Waals surface area contributed by atoms with Gasteiger partial charge in [-0.25, -0.2) is 9.18 Å². The van der Waals surface area contributed by atoms with Gasteiger partial charge in [0.05, 0.1) is 17.9 Å². The lowest BCUT2D eigenvalue weighted by Crippen LogP contribution is -2.37. The van der Waals surface area contributed by atoms with Crippen LogP contribution in [0.3, 0.4) is 0 Å². The minimum absolute atomic E-state index is 0.164. The molecule has 0 saturated carbocycles. The highest BCUT2D eigenvalue weighted by Gasteiger charge is 2.47. The first-order valence-corrected chi connectivity index (χ1v) is 9.15. The number of aromatic nitrogens is 2. The standard InChI is InChI=1S/C17H19FN4O.C2HF3O2/c1-20-11-14(9-19-20)22-15-6-7-21(16(15)8-17(22)23)10-12-2-4-13(18)5-3-12;3-2(4,5)1(6)7/h2-5,9,11,15-16H,6-8,10H2,1H3;(H,6,7)/t15-,16+;/m0./s1. The van der Waals surface area contributed by atoms with Crippen LogP contribution < -0.4 is 4.90 Å². The summed E-state index contributed by atoms with van der Waals surface area (Å²) >= 11 is 0. The molecule has 7 nitrogen and oxygen atoms in total. The van der Waals surface area contributed by atoms with E-state index in [1.54, 1.807) is 10.9 Å². The minimum atomic E-state index is -5.08. The Hall–Kier alpha value is -2.95. The highest BCUT2D eigenvalue weighted by Crippen LogP contribution is 2.36. The molecular weight excluding hydrogens is 408 g/mol. The molecule has 0 spiro atoms. The predicted octanol–water partition coefficient (Wildman–Crippen LogP) is 2.57.